The number of anilines is 2. The molecule has 0 bridgehead atoms. The van der Waals surface area contributed by atoms with Crippen LogP contribution in [0.2, 0.25) is 0 Å². The van der Waals surface area contributed by atoms with Crippen molar-refractivity contribution in [1.82, 2.24) is 10.2 Å². The number of nitrogens with one attached hydrogen (secondary N) is 1. The number of hydrogen-bond acceptors (Lipinski definition) is 7. The van der Waals surface area contributed by atoms with Crippen molar-refractivity contribution in [3.63, 3.8) is 0 Å². The summed E-state index contributed by atoms with van der Waals surface area (Å²) in [4.78, 5) is 29.4. The standard InChI is InChI=1S/C23H24N4O3S2/c1-13-7-8-18-15(9-13)11-19(32-18)22-25-26-23(30-22)31-12-21(29)27-14(2)10-20(28)24-16-5-3-4-6-17(16)27/h3-6,11,13-14H,7-10,12H2,1-2H3,(H,24,28). The van der Waals surface area contributed by atoms with Gasteiger partial charge >= 0.3 is 0 Å². The van der Waals surface area contributed by atoms with Gasteiger partial charge in [0, 0.05) is 17.3 Å². The number of carbonyl (C=O) groups excluding carboxylic acids is 2. The molecule has 0 saturated heterocycles. The van der Waals surface area contributed by atoms with Crippen molar-refractivity contribution in [1.29, 1.82) is 0 Å². The number of fused-ring (bicyclic) bond motifs is 2. The Kier molecular flexibility index (Phi) is 5.77. The van der Waals surface area contributed by atoms with Gasteiger partial charge in [0.1, 0.15) is 0 Å². The molecule has 2 unspecified atom stereocenters. The summed E-state index contributed by atoms with van der Waals surface area (Å²) < 4.78 is 5.86. The Morgan fingerprint density at radius 1 is 1.28 bits per heavy atom. The molecule has 2 amide bonds. The monoisotopic (exact) mass is 468 g/mol. The van der Waals surface area contributed by atoms with Crippen LogP contribution in [-0.4, -0.2) is 33.8 Å². The third-order valence-corrected chi connectivity index (χ3v) is 7.92. The Hall–Kier alpha value is -2.65. The molecule has 1 aliphatic carbocycles. The lowest BCUT2D eigenvalue weighted by molar-refractivity contribution is -0.117. The minimum atomic E-state index is -0.246. The molecule has 1 N–H and O–H groups in total. The number of carbonyl (C=O) groups is 2. The number of nitrogens with zero attached hydrogens (tertiary/aromatic N) is 3. The first-order chi connectivity index (χ1) is 15.5. The predicted octanol–water partition coefficient (Wildman–Crippen LogP) is 4.78. The maximum absolute atomic E-state index is 13.1. The Morgan fingerprint density at radius 3 is 3.00 bits per heavy atom. The number of aryl methyl sites for hydroxylation is 1. The van der Waals surface area contributed by atoms with Crippen LogP contribution in [0.25, 0.3) is 10.8 Å². The largest absolute Gasteiger partial charge is 0.410 e. The summed E-state index contributed by atoms with van der Waals surface area (Å²) in [5.41, 5.74) is 2.75. The highest BCUT2D eigenvalue weighted by Crippen LogP contribution is 2.37. The van der Waals surface area contributed by atoms with Gasteiger partial charge in [0.25, 0.3) is 11.1 Å². The van der Waals surface area contributed by atoms with Crippen LogP contribution in [0.15, 0.2) is 40.0 Å². The molecule has 1 aliphatic heterocycles. The second-order valence-electron chi connectivity index (χ2n) is 8.45. The Bertz CT molecular complexity index is 1170. The van der Waals surface area contributed by atoms with E-state index in [2.05, 4.69) is 28.5 Å². The number of thiophene rings is 1. The fourth-order valence-electron chi connectivity index (χ4n) is 4.34. The summed E-state index contributed by atoms with van der Waals surface area (Å²) in [6, 6.07) is 9.29. The van der Waals surface area contributed by atoms with Crippen LogP contribution in [0.5, 0.6) is 0 Å². The normalized spacial score (nSPS) is 20.3. The summed E-state index contributed by atoms with van der Waals surface area (Å²) in [5, 5.41) is 11.6. The number of aromatic nitrogens is 2. The molecular weight excluding hydrogens is 444 g/mol. The minimum absolute atomic E-state index is 0.0949. The molecule has 7 nitrogen and oxygen atoms in total. The molecule has 3 aromatic rings. The van der Waals surface area contributed by atoms with Crippen molar-refractivity contribution in [3.8, 4) is 10.8 Å². The van der Waals surface area contributed by atoms with Crippen LogP contribution < -0.4 is 10.2 Å². The van der Waals surface area contributed by atoms with Crippen molar-refractivity contribution >= 4 is 46.3 Å². The molecule has 32 heavy (non-hydrogen) atoms. The minimum Gasteiger partial charge on any atom is -0.410 e. The second-order valence-corrected chi connectivity index (χ2v) is 10.5. The highest BCUT2D eigenvalue weighted by Gasteiger charge is 2.30. The van der Waals surface area contributed by atoms with Gasteiger partial charge in [0.15, 0.2) is 0 Å². The van der Waals surface area contributed by atoms with Crippen molar-refractivity contribution in [2.75, 3.05) is 16.0 Å². The number of thioether (sulfide) groups is 1. The number of para-hydroxylation sites is 2. The lowest BCUT2D eigenvalue weighted by Crippen LogP contribution is -2.40. The van der Waals surface area contributed by atoms with E-state index < -0.39 is 0 Å². The quantitative estimate of drug-likeness (QED) is 0.555. The molecule has 2 aromatic heterocycles. The summed E-state index contributed by atoms with van der Waals surface area (Å²) >= 11 is 2.95. The fourth-order valence-corrected chi connectivity index (χ4v) is 6.09. The van der Waals surface area contributed by atoms with E-state index in [-0.39, 0.29) is 30.0 Å². The van der Waals surface area contributed by atoms with Gasteiger partial charge in [-0.2, -0.15) is 0 Å². The smallest absolute Gasteiger partial charge is 0.277 e. The van der Waals surface area contributed by atoms with Crippen LogP contribution in [0.1, 0.15) is 37.1 Å². The average Bonchev–Trinajstić information content (AvgIpc) is 3.37. The summed E-state index contributed by atoms with van der Waals surface area (Å²) in [6.45, 7) is 4.17. The van der Waals surface area contributed by atoms with Crippen LogP contribution in [0.3, 0.4) is 0 Å². The van der Waals surface area contributed by atoms with Gasteiger partial charge in [-0.15, -0.1) is 21.5 Å². The fraction of sp³-hybridized carbons (Fsp3) is 0.391. The SMILES string of the molecule is CC1CCc2sc(-c3nnc(SCC(=O)N4c5ccccc5NC(=O)CC4C)o3)cc2C1. The Morgan fingerprint density at radius 2 is 2.12 bits per heavy atom. The highest BCUT2D eigenvalue weighted by atomic mass is 32.2. The zero-order chi connectivity index (χ0) is 22.2. The molecule has 0 fully saturated rings. The zero-order valence-corrected chi connectivity index (χ0v) is 19.6. The van der Waals surface area contributed by atoms with Gasteiger partial charge in [-0.25, -0.2) is 0 Å². The molecule has 0 saturated carbocycles. The van der Waals surface area contributed by atoms with E-state index in [0.717, 1.165) is 17.7 Å². The molecular formula is C23H24N4O3S2. The summed E-state index contributed by atoms with van der Waals surface area (Å²) in [7, 11) is 0. The molecule has 9 heteroatoms. The zero-order valence-electron chi connectivity index (χ0n) is 18.0. The first-order valence-electron chi connectivity index (χ1n) is 10.8. The third-order valence-electron chi connectivity index (χ3n) is 5.89. The lowest BCUT2D eigenvalue weighted by Gasteiger charge is -2.27. The van der Waals surface area contributed by atoms with Crippen LogP contribution >= 0.6 is 23.1 Å². The first-order valence-corrected chi connectivity index (χ1v) is 12.6. The summed E-state index contributed by atoms with van der Waals surface area (Å²) in [5.74, 6) is 1.17. The van der Waals surface area contributed by atoms with E-state index in [0.29, 0.717) is 28.4 Å². The molecule has 0 radical (unpaired) electrons. The van der Waals surface area contributed by atoms with Crippen molar-refractivity contribution in [3.05, 3.63) is 40.8 Å². The second kappa shape index (κ2) is 8.71. The first kappa shape index (κ1) is 21.2. The third kappa shape index (κ3) is 4.19. The number of rotatable bonds is 4. The highest BCUT2D eigenvalue weighted by molar-refractivity contribution is 7.99. The molecule has 166 valence electrons. The van der Waals surface area contributed by atoms with Crippen LogP contribution in [0, 0.1) is 5.92 Å². The Labute approximate surface area is 194 Å². The van der Waals surface area contributed by atoms with Gasteiger partial charge in [0.05, 0.1) is 22.0 Å². The molecule has 2 aliphatic rings. The summed E-state index contributed by atoms with van der Waals surface area (Å²) in [6.07, 6.45) is 3.68. The van der Waals surface area contributed by atoms with Gasteiger partial charge in [-0.3, -0.25) is 9.59 Å². The van der Waals surface area contributed by atoms with Gasteiger partial charge < -0.3 is 14.6 Å². The molecule has 2 atom stereocenters. The van der Waals surface area contributed by atoms with E-state index in [1.807, 2.05) is 31.2 Å². The van der Waals surface area contributed by atoms with Gasteiger partial charge in [-0.05, 0) is 55.9 Å². The lowest BCUT2D eigenvalue weighted by atomic mass is 9.90. The van der Waals surface area contributed by atoms with Gasteiger partial charge in [-0.1, -0.05) is 30.8 Å². The van der Waals surface area contributed by atoms with Crippen LogP contribution in [0.4, 0.5) is 11.4 Å². The Balaban J connectivity index is 1.29. The topological polar surface area (TPSA) is 88.3 Å². The molecule has 3 heterocycles. The molecule has 0 spiro atoms. The van der Waals surface area contributed by atoms with Crippen molar-refractivity contribution in [2.24, 2.45) is 5.92 Å². The number of benzene rings is 1. The predicted molar refractivity (Wildman–Crippen MR) is 126 cm³/mol. The molecule has 5 rings (SSSR count). The maximum Gasteiger partial charge on any atom is 0.277 e. The maximum atomic E-state index is 13.1. The molecule has 1 aromatic carbocycles. The van der Waals surface area contributed by atoms with Crippen LogP contribution in [-0.2, 0) is 22.4 Å². The van der Waals surface area contributed by atoms with E-state index >= 15 is 0 Å². The number of hydrogen-bond donors (Lipinski definition) is 1. The van der Waals surface area contributed by atoms with E-state index in [1.165, 1.54) is 28.6 Å². The van der Waals surface area contributed by atoms with Crippen molar-refractivity contribution in [2.45, 2.75) is 50.8 Å². The average molecular weight is 469 g/mol. The van der Waals surface area contributed by atoms with E-state index in [4.69, 9.17) is 4.42 Å². The van der Waals surface area contributed by atoms with Crippen molar-refractivity contribution < 1.29 is 14.0 Å². The van der Waals surface area contributed by atoms with E-state index in [1.54, 1.807) is 16.2 Å². The number of amides is 2. The van der Waals surface area contributed by atoms with E-state index in [9.17, 15) is 9.59 Å². The van der Waals surface area contributed by atoms with Gasteiger partial charge in [0.2, 0.25) is 11.8 Å².